The molecule has 3 N–H and O–H groups in total. The highest BCUT2D eigenvalue weighted by atomic mass is 19.1. The molecule has 0 aliphatic rings. The van der Waals surface area contributed by atoms with Crippen LogP contribution in [0.2, 0.25) is 0 Å². The number of benzene rings is 1. The molecule has 0 radical (unpaired) electrons. The molecule has 25 heavy (non-hydrogen) atoms. The van der Waals surface area contributed by atoms with Crippen LogP contribution in [0.5, 0.6) is 0 Å². The monoisotopic (exact) mass is 351 g/mol. The van der Waals surface area contributed by atoms with Crippen molar-refractivity contribution >= 4 is 11.9 Å². The SMILES string of the molecule is Cc1nnnn1C(Cc1cccc(F)c1)C(=O)NCC(C)(O)C(=O)O. The van der Waals surface area contributed by atoms with Gasteiger partial charge < -0.3 is 15.5 Å². The normalized spacial score (nSPS) is 14.6. The standard InChI is InChI=1S/C15H18FN5O4/c1-9-18-19-20-21(9)12(7-10-4-3-5-11(16)6-10)13(22)17-8-15(2,25)14(23)24/h3-6,12,25H,7-8H2,1-2H3,(H,17,22)(H,23,24). The number of carboxylic acid groups (broad SMARTS) is 1. The lowest BCUT2D eigenvalue weighted by Crippen LogP contribution is -2.48. The fourth-order valence-corrected chi connectivity index (χ4v) is 2.16. The molecule has 0 bridgehead atoms. The highest BCUT2D eigenvalue weighted by Crippen LogP contribution is 2.16. The van der Waals surface area contributed by atoms with Gasteiger partial charge in [0.1, 0.15) is 17.7 Å². The minimum Gasteiger partial charge on any atom is -0.479 e. The van der Waals surface area contributed by atoms with Crippen LogP contribution in [0.4, 0.5) is 4.39 Å². The maximum absolute atomic E-state index is 13.4. The van der Waals surface area contributed by atoms with E-state index in [1.165, 1.54) is 22.9 Å². The van der Waals surface area contributed by atoms with Gasteiger partial charge in [-0.2, -0.15) is 0 Å². The predicted octanol–water partition coefficient (Wildman–Crippen LogP) is -0.144. The van der Waals surface area contributed by atoms with E-state index in [4.69, 9.17) is 5.11 Å². The molecule has 0 saturated carbocycles. The van der Waals surface area contributed by atoms with Crippen LogP contribution in [0.1, 0.15) is 24.4 Å². The highest BCUT2D eigenvalue weighted by Gasteiger charge is 2.32. The first-order valence-electron chi connectivity index (χ1n) is 7.43. The minimum absolute atomic E-state index is 0.0880. The first-order chi connectivity index (χ1) is 11.7. The number of carboxylic acids is 1. The van der Waals surface area contributed by atoms with E-state index in [0.29, 0.717) is 11.4 Å². The number of nitrogens with one attached hydrogen (secondary N) is 1. The van der Waals surface area contributed by atoms with Gasteiger partial charge in [-0.1, -0.05) is 12.1 Å². The average Bonchev–Trinajstić information content (AvgIpc) is 2.96. The van der Waals surface area contributed by atoms with Crippen molar-refractivity contribution in [1.82, 2.24) is 25.5 Å². The zero-order valence-corrected chi connectivity index (χ0v) is 13.7. The number of aryl methyl sites for hydroxylation is 1. The molecule has 0 aliphatic heterocycles. The Hall–Kier alpha value is -2.88. The molecule has 134 valence electrons. The Morgan fingerprint density at radius 1 is 1.44 bits per heavy atom. The predicted molar refractivity (Wildman–Crippen MR) is 83.0 cm³/mol. The fraction of sp³-hybridized carbons (Fsp3) is 0.400. The summed E-state index contributed by atoms with van der Waals surface area (Å²) in [5, 5.41) is 32.0. The zero-order chi connectivity index (χ0) is 18.6. The average molecular weight is 351 g/mol. The van der Waals surface area contributed by atoms with Crippen LogP contribution in [-0.2, 0) is 16.0 Å². The number of rotatable bonds is 7. The molecular weight excluding hydrogens is 333 g/mol. The number of carbonyl (C=O) groups is 2. The summed E-state index contributed by atoms with van der Waals surface area (Å²) in [5.74, 6) is -2.14. The van der Waals surface area contributed by atoms with Crippen LogP contribution in [0.3, 0.4) is 0 Å². The number of aromatic nitrogens is 4. The molecule has 1 aromatic heterocycles. The van der Waals surface area contributed by atoms with Gasteiger partial charge in [0.2, 0.25) is 5.91 Å². The highest BCUT2D eigenvalue weighted by molar-refractivity contribution is 5.82. The summed E-state index contributed by atoms with van der Waals surface area (Å²) in [6.45, 7) is 2.17. The topological polar surface area (TPSA) is 130 Å². The second kappa shape index (κ2) is 7.34. The van der Waals surface area contributed by atoms with Gasteiger partial charge in [-0.25, -0.2) is 13.9 Å². The summed E-state index contributed by atoms with van der Waals surface area (Å²) in [5.41, 5.74) is -1.57. The van der Waals surface area contributed by atoms with Crippen molar-refractivity contribution in [3.8, 4) is 0 Å². The van der Waals surface area contributed by atoms with Crippen LogP contribution in [0, 0.1) is 12.7 Å². The third kappa shape index (κ3) is 4.57. The summed E-state index contributed by atoms with van der Waals surface area (Å²) in [7, 11) is 0. The second-order valence-electron chi connectivity index (χ2n) is 5.82. The molecule has 9 nitrogen and oxygen atoms in total. The number of carbonyl (C=O) groups excluding carboxylic acids is 1. The van der Waals surface area contributed by atoms with Crippen LogP contribution >= 0.6 is 0 Å². The van der Waals surface area contributed by atoms with Gasteiger partial charge in [0.05, 0.1) is 6.54 Å². The van der Waals surface area contributed by atoms with E-state index >= 15 is 0 Å². The van der Waals surface area contributed by atoms with Crippen LogP contribution in [0.25, 0.3) is 0 Å². The van der Waals surface area contributed by atoms with Crippen molar-refractivity contribution in [2.24, 2.45) is 0 Å². The van der Waals surface area contributed by atoms with Crippen molar-refractivity contribution in [3.05, 3.63) is 41.5 Å². The van der Waals surface area contributed by atoms with Crippen molar-refractivity contribution in [2.45, 2.75) is 31.9 Å². The molecule has 0 spiro atoms. The van der Waals surface area contributed by atoms with Crippen molar-refractivity contribution in [2.75, 3.05) is 6.54 Å². The molecule has 0 aliphatic carbocycles. The Morgan fingerprint density at radius 2 is 2.16 bits per heavy atom. The van der Waals surface area contributed by atoms with Gasteiger partial charge in [-0.3, -0.25) is 4.79 Å². The summed E-state index contributed by atoms with van der Waals surface area (Å²) >= 11 is 0. The molecular formula is C15H18FN5O4. The van der Waals surface area contributed by atoms with E-state index in [9.17, 15) is 19.1 Å². The third-order valence-electron chi connectivity index (χ3n) is 3.64. The van der Waals surface area contributed by atoms with Gasteiger partial charge in [0.15, 0.2) is 5.60 Å². The Bertz CT molecular complexity index is 777. The molecule has 2 unspecified atom stereocenters. The number of hydrogen-bond acceptors (Lipinski definition) is 6. The quantitative estimate of drug-likeness (QED) is 0.633. The molecule has 2 rings (SSSR count). The molecule has 10 heteroatoms. The van der Waals surface area contributed by atoms with Crippen molar-refractivity contribution in [3.63, 3.8) is 0 Å². The zero-order valence-electron chi connectivity index (χ0n) is 13.7. The van der Waals surface area contributed by atoms with Gasteiger partial charge in [-0.15, -0.1) is 5.10 Å². The number of nitrogens with zero attached hydrogens (tertiary/aromatic N) is 4. The first kappa shape index (κ1) is 18.5. The van der Waals surface area contributed by atoms with Crippen molar-refractivity contribution in [1.29, 1.82) is 0 Å². The molecule has 1 amide bonds. The van der Waals surface area contributed by atoms with Crippen molar-refractivity contribution < 1.29 is 24.2 Å². The molecule has 2 aromatic rings. The van der Waals surface area contributed by atoms with Gasteiger partial charge in [0.25, 0.3) is 0 Å². The Labute approximate surface area is 142 Å². The second-order valence-corrected chi connectivity index (χ2v) is 5.82. The Kier molecular flexibility index (Phi) is 5.42. The van der Waals surface area contributed by atoms with E-state index in [-0.39, 0.29) is 6.42 Å². The number of aliphatic carboxylic acids is 1. The number of aliphatic hydroxyl groups is 1. The van der Waals surface area contributed by atoms with E-state index in [1.807, 2.05) is 0 Å². The molecule has 2 atom stereocenters. The Morgan fingerprint density at radius 3 is 2.72 bits per heavy atom. The Balaban J connectivity index is 2.21. The minimum atomic E-state index is -2.12. The van der Waals surface area contributed by atoms with Gasteiger partial charge >= 0.3 is 5.97 Å². The number of amides is 1. The fourth-order valence-electron chi connectivity index (χ4n) is 2.16. The number of tetrazole rings is 1. The summed E-state index contributed by atoms with van der Waals surface area (Å²) in [6, 6.07) is 4.80. The number of halogens is 1. The molecule has 1 heterocycles. The largest absolute Gasteiger partial charge is 0.479 e. The van der Waals surface area contributed by atoms with Crippen LogP contribution in [-0.4, -0.2) is 54.4 Å². The van der Waals surface area contributed by atoms with E-state index < -0.39 is 35.9 Å². The maximum atomic E-state index is 13.4. The van der Waals surface area contributed by atoms with Gasteiger partial charge in [0, 0.05) is 6.42 Å². The van der Waals surface area contributed by atoms with Gasteiger partial charge in [-0.05, 0) is 42.0 Å². The summed E-state index contributed by atoms with van der Waals surface area (Å²) in [6.07, 6.45) is 0.0880. The smallest absolute Gasteiger partial charge is 0.337 e. The van der Waals surface area contributed by atoms with E-state index in [0.717, 1.165) is 6.92 Å². The maximum Gasteiger partial charge on any atom is 0.337 e. The lowest BCUT2D eigenvalue weighted by atomic mass is 10.0. The number of hydrogen-bond donors (Lipinski definition) is 3. The molecule has 0 fully saturated rings. The molecule has 1 aromatic carbocycles. The lowest BCUT2D eigenvalue weighted by Gasteiger charge is -2.22. The van der Waals surface area contributed by atoms with Crippen LogP contribution < -0.4 is 5.32 Å². The van der Waals surface area contributed by atoms with E-state index in [1.54, 1.807) is 13.0 Å². The van der Waals surface area contributed by atoms with E-state index in [2.05, 4.69) is 20.8 Å². The van der Waals surface area contributed by atoms with Crippen LogP contribution in [0.15, 0.2) is 24.3 Å². The summed E-state index contributed by atoms with van der Waals surface area (Å²) in [4.78, 5) is 23.5. The first-order valence-corrected chi connectivity index (χ1v) is 7.43. The third-order valence-corrected chi connectivity index (χ3v) is 3.64. The molecule has 0 saturated heterocycles. The summed E-state index contributed by atoms with van der Waals surface area (Å²) < 4.78 is 14.6. The lowest BCUT2D eigenvalue weighted by molar-refractivity contribution is -0.156.